The fraction of sp³-hybridized carbons (Fsp3) is 0.552. The Balaban J connectivity index is 1.29. The van der Waals surface area contributed by atoms with E-state index < -0.39 is 15.4 Å². The summed E-state index contributed by atoms with van der Waals surface area (Å²) in [5.74, 6) is 1.41. The van der Waals surface area contributed by atoms with Crippen LogP contribution in [-0.4, -0.2) is 44.7 Å². The molecule has 0 spiro atoms. The first-order chi connectivity index (χ1) is 17.0. The third-order valence-corrected chi connectivity index (χ3v) is 9.74. The summed E-state index contributed by atoms with van der Waals surface area (Å²) in [5, 5.41) is 13.5. The summed E-state index contributed by atoms with van der Waals surface area (Å²) >= 11 is 0. The summed E-state index contributed by atoms with van der Waals surface area (Å²) in [6.45, 7) is 0.906. The maximum Gasteiger partial charge on any atom is 0.154 e. The minimum atomic E-state index is -2.90. The summed E-state index contributed by atoms with van der Waals surface area (Å²) in [6.07, 6.45) is 7.62. The maximum absolute atomic E-state index is 12.3. The van der Waals surface area contributed by atoms with E-state index in [9.17, 15) is 13.7 Å². The van der Waals surface area contributed by atoms with Crippen LogP contribution < -0.4 is 5.32 Å². The molecule has 1 saturated heterocycles. The summed E-state index contributed by atoms with van der Waals surface area (Å²) < 4.78 is 29.9. The SMILES string of the molecule is N#CC1(NC2CCc3ccc(CCCCS(=O)(=O)CC4CC4)cc3C2Cc2ccccc2)COC1. The van der Waals surface area contributed by atoms with Gasteiger partial charge in [-0.1, -0.05) is 48.5 Å². The van der Waals surface area contributed by atoms with Crippen molar-refractivity contribution in [1.29, 1.82) is 5.26 Å². The van der Waals surface area contributed by atoms with Crippen molar-refractivity contribution in [2.45, 2.75) is 68.9 Å². The van der Waals surface area contributed by atoms with E-state index in [1.54, 1.807) is 0 Å². The molecule has 1 heterocycles. The number of rotatable bonds is 11. The molecule has 1 N–H and O–H groups in total. The third-order valence-electron chi connectivity index (χ3n) is 7.85. The van der Waals surface area contributed by atoms with Gasteiger partial charge in [-0.2, -0.15) is 5.26 Å². The van der Waals surface area contributed by atoms with Crippen molar-refractivity contribution in [2.24, 2.45) is 5.92 Å². The summed E-state index contributed by atoms with van der Waals surface area (Å²) in [7, 11) is -2.90. The molecule has 5 rings (SSSR count). The molecule has 1 saturated carbocycles. The van der Waals surface area contributed by atoms with E-state index in [1.807, 2.05) is 6.07 Å². The molecule has 0 amide bonds. The van der Waals surface area contributed by atoms with Crippen LogP contribution in [0.5, 0.6) is 0 Å². The lowest BCUT2D eigenvalue weighted by molar-refractivity contribution is -0.0510. The van der Waals surface area contributed by atoms with Gasteiger partial charge in [0.25, 0.3) is 0 Å². The predicted octanol–water partition coefficient (Wildman–Crippen LogP) is 4.36. The molecule has 2 fully saturated rings. The molecule has 2 unspecified atom stereocenters. The lowest BCUT2D eigenvalue weighted by Gasteiger charge is -2.43. The number of aryl methyl sites for hydroxylation is 2. The molecular formula is C29H36N2O3S. The number of fused-ring (bicyclic) bond motifs is 1. The second-order valence-electron chi connectivity index (χ2n) is 10.8. The van der Waals surface area contributed by atoms with Crippen molar-refractivity contribution in [3.05, 3.63) is 70.8 Å². The van der Waals surface area contributed by atoms with E-state index >= 15 is 0 Å². The number of nitriles is 1. The number of unbranched alkanes of at least 4 members (excludes halogenated alkanes) is 1. The minimum Gasteiger partial charge on any atom is -0.375 e. The van der Waals surface area contributed by atoms with E-state index in [0.717, 1.165) is 51.4 Å². The van der Waals surface area contributed by atoms with Crippen LogP contribution >= 0.6 is 0 Å². The van der Waals surface area contributed by atoms with Crippen LogP contribution in [0.15, 0.2) is 48.5 Å². The molecule has 35 heavy (non-hydrogen) atoms. The molecule has 2 aliphatic carbocycles. The highest BCUT2D eigenvalue weighted by Gasteiger charge is 2.43. The predicted molar refractivity (Wildman–Crippen MR) is 138 cm³/mol. The maximum atomic E-state index is 12.3. The zero-order valence-corrected chi connectivity index (χ0v) is 21.2. The van der Waals surface area contributed by atoms with E-state index in [0.29, 0.717) is 30.6 Å². The third kappa shape index (κ3) is 6.14. The molecule has 0 bridgehead atoms. The van der Waals surface area contributed by atoms with Crippen molar-refractivity contribution in [1.82, 2.24) is 5.32 Å². The van der Waals surface area contributed by atoms with Crippen LogP contribution in [0, 0.1) is 17.2 Å². The van der Waals surface area contributed by atoms with E-state index in [2.05, 4.69) is 53.9 Å². The van der Waals surface area contributed by atoms with Crippen LogP contribution in [-0.2, 0) is 33.8 Å². The molecular weight excluding hydrogens is 456 g/mol. The van der Waals surface area contributed by atoms with Gasteiger partial charge in [-0.3, -0.25) is 5.32 Å². The topological polar surface area (TPSA) is 79.2 Å². The van der Waals surface area contributed by atoms with Crippen LogP contribution in [0.4, 0.5) is 0 Å². The van der Waals surface area contributed by atoms with Crippen molar-refractivity contribution in [3.8, 4) is 6.07 Å². The number of ether oxygens (including phenoxy) is 1. The normalized spacial score (nSPS) is 23.2. The van der Waals surface area contributed by atoms with Gasteiger partial charge in [0.2, 0.25) is 0 Å². The van der Waals surface area contributed by atoms with Gasteiger partial charge in [-0.25, -0.2) is 8.42 Å². The summed E-state index contributed by atoms with van der Waals surface area (Å²) in [6, 6.07) is 20.1. The van der Waals surface area contributed by atoms with Gasteiger partial charge in [0.15, 0.2) is 15.4 Å². The Bertz CT molecular complexity index is 1160. The molecule has 3 aliphatic rings. The number of nitrogens with zero attached hydrogens (tertiary/aromatic N) is 1. The Morgan fingerprint density at radius 2 is 1.83 bits per heavy atom. The quantitative estimate of drug-likeness (QED) is 0.472. The van der Waals surface area contributed by atoms with Crippen molar-refractivity contribution >= 4 is 9.84 Å². The first-order valence-electron chi connectivity index (χ1n) is 13.1. The van der Waals surface area contributed by atoms with Crippen molar-refractivity contribution in [2.75, 3.05) is 24.7 Å². The van der Waals surface area contributed by atoms with Crippen LogP contribution in [0.1, 0.15) is 60.3 Å². The second kappa shape index (κ2) is 10.4. The number of sulfone groups is 1. The van der Waals surface area contributed by atoms with E-state index in [4.69, 9.17) is 4.74 Å². The monoisotopic (exact) mass is 492 g/mol. The highest BCUT2D eigenvalue weighted by Crippen LogP contribution is 2.37. The first-order valence-corrected chi connectivity index (χ1v) is 14.9. The molecule has 2 atom stereocenters. The minimum absolute atomic E-state index is 0.217. The molecule has 2 aromatic carbocycles. The first kappa shape index (κ1) is 24.5. The molecule has 0 aromatic heterocycles. The van der Waals surface area contributed by atoms with Gasteiger partial charge >= 0.3 is 0 Å². The van der Waals surface area contributed by atoms with Crippen molar-refractivity contribution in [3.63, 3.8) is 0 Å². The van der Waals surface area contributed by atoms with Crippen molar-refractivity contribution < 1.29 is 13.2 Å². The Morgan fingerprint density at radius 1 is 1.03 bits per heavy atom. The molecule has 6 heteroatoms. The van der Waals surface area contributed by atoms with Gasteiger partial charge in [0, 0.05) is 12.0 Å². The van der Waals surface area contributed by atoms with Gasteiger partial charge in [-0.05, 0) is 79.5 Å². The Kier molecular flexibility index (Phi) is 7.29. The van der Waals surface area contributed by atoms with Gasteiger partial charge in [-0.15, -0.1) is 0 Å². The van der Waals surface area contributed by atoms with Crippen LogP contribution in [0.25, 0.3) is 0 Å². The Labute approximate surface area is 209 Å². The van der Waals surface area contributed by atoms with Crippen LogP contribution in [0.2, 0.25) is 0 Å². The lowest BCUT2D eigenvalue weighted by atomic mass is 9.74. The fourth-order valence-electron chi connectivity index (χ4n) is 5.61. The average molecular weight is 493 g/mol. The zero-order valence-electron chi connectivity index (χ0n) is 20.4. The number of benzene rings is 2. The largest absolute Gasteiger partial charge is 0.375 e. The number of hydrogen-bond donors (Lipinski definition) is 1. The Hall–Kier alpha value is -2.20. The average Bonchev–Trinajstić information content (AvgIpc) is 3.64. The molecule has 0 radical (unpaired) electrons. The Morgan fingerprint density at radius 3 is 2.51 bits per heavy atom. The van der Waals surface area contributed by atoms with E-state index in [-0.39, 0.29) is 12.0 Å². The number of hydrogen-bond acceptors (Lipinski definition) is 5. The second-order valence-corrected chi connectivity index (χ2v) is 13.0. The molecule has 5 nitrogen and oxygen atoms in total. The summed E-state index contributed by atoms with van der Waals surface area (Å²) in [4.78, 5) is 0. The number of nitrogens with one attached hydrogen (secondary N) is 1. The lowest BCUT2D eigenvalue weighted by Crippen LogP contribution is -2.63. The van der Waals surface area contributed by atoms with Gasteiger partial charge in [0.1, 0.15) is 0 Å². The smallest absolute Gasteiger partial charge is 0.154 e. The van der Waals surface area contributed by atoms with Gasteiger partial charge in [0.05, 0.1) is 30.8 Å². The van der Waals surface area contributed by atoms with Crippen LogP contribution in [0.3, 0.4) is 0 Å². The highest BCUT2D eigenvalue weighted by molar-refractivity contribution is 7.91. The molecule has 2 aromatic rings. The summed E-state index contributed by atoms with van der Waals surface area (Å²) in [5.41, 5.74) is 4.80. The fourth-order valence-corrected chi connectivity index (χ4v) is 7.48. The highest BCUT2D eigenvalue weighted by atomic mass is 32.2. The van der Waals surface area contributed by atoms with E-state index in [1.165, 1.54) is 22.3 Å². The van der Waals surface area contributed by atoms with Gasteiger partial charge < -0.3 is 4.74 Å². The standard InChI is InChI=1S/C29H36N2O3S/c30-19-29(20-34-21-29)31-28-14-13-25-12-11-23(8-4-5-15-35(32,33)18-24-9-10-24)16-26(25)27(28)17-22-6-2-1-3-7-22/h1-3,6-7,11-12,16,24,27-28,31H,4-5,8-10,13-15,17-18,20-21H2. The molecule has 1 aliphatic heterocycles. The zero-order chi connectivity index (χ0) is 24.3. The molecule has 186 valence electrons.